The van der Waals surface area contributed by atoms with Crippen molar-refractivity contribution in [3.05, 3.63) is 35.4 Å². The molecule has 2 unspecified atom stereocenters. The van der Waals surface area contributed by atoms with Crippen molar-refractivity contribution in [2.24, 2.45) is 11.7 Å². The molecule has 1 aliphatic rings. The van der Waals surface area contributed by atoms with Gasteiger partial charge in [0.25, 0.3) is 0 Å². The Labute approximate surface area is 123 Å². The molecule has 1 aromatic carbocycles. The zero-order chi connectivity index (χ0) is 14.5. The van der Waals surface area contributed by atoms with Crippen molar-refractivity contribution < 1.29 is 4.74 Å². The number of rotatable bonds is 5. The van der Waals surface area contributed by atoms with Gasteiger partial charge in [-0.3, -0.25) is 4.90 Å². The van der Waals surface area contributed by atoms with Gasteiger partial charge in [0.05, 0.1) is 6.61 Å². The van der Waals surface area contributed by atoms with Gasteiger partial charge in [-0.05, 0) is 36.4 Å². The molecule has 1 aromatic rings. The van der Waals surface area contributed by atoms with E-state index in [1.807, 2.05) is 0 Å². The molecule has 2 N–H and O–H groups in total. The summed E-state index contributed by atoms with van der Waals surface area (Å²) in [6.07, 6.45) is 2.33. The fraction of sp³-hybridized carbons (Fsp3) is 0.647. The van der Waals surface area contributed by atoms with Crippen LogP contribution >= 0.6 is 0 Å². The quantitative estimate of drug-likeness (QED) is 0.898. The van der Waals surface area contributed by atoms with Crippen LogP contribution in [0.5, 0.6) is 0 Å². The highest BCUT2D eigenvalue weighted by molar-refractivity contribution is 5.27. The predicted octanol–water partition coefficient (Wildman–Crippen LogP) is 2.95. The van der Waals surface area contributed by atoms with Crippen LogP contribution in [0, 0.1) is 5.92 Å². The van der Waals surface area contributed by atoms with Gasteiger partial charge in [0.1, 0.15) is 0 Å². The van der Waals surface area contributed by atoms with Gasteiger partial charge in [0.15, 0.2) is 0 Å². The summed E-state index contributed by atoms with van der Waals surface area (Å²) in [5, 5.41) is 0. The molecule has 0 amide bonds. The van der Waals surface area contributed by atoms with Gasteiger partial charge >= 0.3 is 0 Å². The molecule has 20 heavy (non-hydrogen) atoms. The molecule has 0 aliphatic carbocycles. The summed E-state index contributed by atoms with van der Waals surface area (Å²) in [7, 11) is 1.74. The fourth-order valence-electron chi connectivity index (χ4n) is 3.26. The first kappa shape index (κ1) is 15.5. The number of ether oxygens (including phenoxy) is 1. The summed E-state index contributed by atoms with van der Waals surface area (Å²) in [4.78, 5) is 2.56. The lowest BCUT2D eigenvalue weighted by Gasteiger charge is -2.41. The molecule has 2 atom stereocenters. The van der Waals surface area contributed by atoms with Crippen LogP contribution in [0.4, 0.5) is 0 Å². The highest BCUT2D eigenvalue weighted by Crippen LogP contribution is 2.31. The summed E-state index contributed by atoms with van der Waals surface area (Å²) >= 11 is 0. The molecule has 0 saturated carbocycles. The van der Waals surface area contributed by atoms with E-state index in [-0.39, 0.29) is 6.04 Å². The van der Waals surface area contributed by atoms with Crippen LogP contribution in [0.2, 0.25) is 0 Å². The summed E-state index contributed by atoms with van der Waals surface area (Å²) in [6.45, 7) is 7.50. The number of hydrogen-bond acceptors (Lipinski definition) is 3. The van der Waals surface area contributed by atoms with E-state index in [0.717, 1.165) is 19.5 Å². The van der Waals surface area contributed by atoms with Crippen molar-refractivity contribution in [2.75, 3.05) is 20.2 Å². The SMILES string of the molecule is COCc1cccc(C2C(N)CCCN2CC(C)C)c1. The minimum absolute atomic E-state index is 0.236. The lowest BCUT2D eigenvalue weighted by Crippen LogP contribution is -2.47. The number of nitrogens with two attached hydrogens (primary N) is 1. The van der Waals surface area contributed by atoms with Crippen LogP contribution < -0.4 is 5.73 Å². The Morgan fingerprint density at radius 2 is 2.20 bits per heavy atom. The zero-order valence-electron chi connectivity index (χ0n) is 13.0. The van der Waals surface area contributed by atoms with Gasteiger partial charge in [-0.2, -0.15) is 0 Å². The third-order valence-corrected chi connectivity index (χ3v) is 3.98. The minimum atomic E-state index is 0.236. The monoisotopic (exact) mass is 276 g/mol. The van der Waals surface area contributed by atoms with Crippen LogP contribution in [0.3, 0.4) is 0 Å². The Morgan fingerprint density at radius 3 is 2.90 bits per heavy atom. The van der Waals surface area contributed by atoms with Gasteiger partial charge in [-0.1, -0.05) is 38.1 Å². The summed E-state index contributed by atoms with van der Waals surface area (Å²) in [6, 6.07) is 9.30. The molecule has 1 fully saturated rings. The molecular weight excluding hydrogens is 248 g/mol. The smallest absolute Gasteiger partial charge is 0.0713 e. The molecule has 0 aromatic heterocycles. The lowest BCUT2D eigenvalue weighted by molar-refractivity contribution is 0.114. The highest BCUT2D eigenvalue weighted by Gasteiger charge is 2.30. The first-order valence-corrected chi connectivity index (χ1v) is 7.69. The lowest BCUT2D eigenvalue weighted by atomic mass is 9.89. The Bertz CT molecular complexity index is 419. The number of likely N-dealkylation sites (tertiary alicyclic amines) is 1. The van der Waals surface area contributed by atoms with E-state index in [1.165, 1.54) is 17.5 Å². The van der Waals surface area contributed by atoms with Crippen molar-refractivity contribution in [2.45, 2.75) is 45.4 Å². The summed E-state index contributed by atoms with van der Waals surface area (Å²) < 4.78 is 5.24. The Hall–Kier alpha value is -0.900. The molecule has 3 heteroatoms. The molecule has 1 heterocycles. The molecule has 0 radical (unpaired) electrons. The van der Waals surface area contributed by atoms with E-state index < -0.39 is 0 Å². The average Bonchev–Trinajstić information content (AvgIpc) is 2.39. The first-order chi connectivity index (χ1) is 9.61. The van der Waals surface area contributed by atoms with Crippen molar-refractivity contribution in [1.29, 1.82) is 0 Å². The second kappa shape index (κ2) is 7.21. The predicted molar refractivity (Wildman–Crippen MR) is 83.5 cm³/mol. The number of hydrogen-bond donors (Lipinski definition) is 1. The number of piperidine rings is 1. The van der Waals surface area contributed by atoms with Crippen LogP contribution in [0.1, 0.15) is 43.9 Å². The molecular formula is C17H28N2O. The van der Waals surface area contributed by atoms with E-state index in [0.29, 0.717) is 18.6 Å². The molecule has 1 saturated heterocycles. The minimum Gasteiger partial charge on any atom is -0.380 e. The molecule has 112 valence electrons. The van der Waals surface area contributed by atoms with Crippen molar-refractivity contribution >= 4 is 0 Å². The maximum absolute atomic E-state index is 6.43. The second-order valence-electron chi connectivity index (χ2n) is 6.32. The highest BCUT2D eigenvalue weighted by atomic mass is 16.5. The van der Waals surface area contributed by atoms with Crippen LogP contribution in [0.15, 0.2) is 24.3 Å². The molecule has 1 aliphatic heterocycles. The van der Waals surface area contributed by atoms with Crippen molar-refractivity contribution in [3.63, 3.8) is 0 Å². The van der Waals surface area contributed by atoms with Crippen molar-refractivity contribution in [3.8, 4) is 0 Å². The van der Waals surface area contributed by atoms with Crippen molar-refractivity contribution in [1.82, 2.24) is 4.90 Å². The van der Waals surface area contributed by atoms with Crippen LogP contribution in [0.25, 0.3) is 0 Å². The van der Waals surface area contributed by atoms with Gasteiger partial charge in [-0.25, -0.2) is 0 Å². The van der Waals surface area contributed by atoms with Crippen LogP contribution in [-0.4, -0.2) is 31.1 Å². The first-order valence-electron chi connectivity index (χ1n) is 7.69. The number of benzene rings is 1. The molecule has 0 spiro atoms. The maximum atomic E-state index is 6.43. The largest absolute Gasteiger partial charge is 0.380 e. The molecule has 2 rings (SSSR count). The van der Waals surface area contributed by atoms with Gasteiger partial charge in [0.2, 0.25) is 0 Å². The maximum Gasteiger partial charge on any atom is 0.0713 e. The van der Waals surface area contributed by atoms with E-state index >= 15 is 0 Å². The van der Waals surface area contributed by atoms with Gasteiger partial charge in [0, 0.05) is 25.7 Å². The van der Waals surface area contributed by atoms with Gasteiger partial charge < -0.3 is 10.5 Å². The Morgan fingerprint density at radius 1 is 1.40 bits per heavy atom. The van der Waals surface area contributed by atoms with E-state index in [4.69, 9.17) is 10.5 Å². The van der Waals surface area contributed by atoms with E-state index in [1.54, 1.807) is 7.11 Å². The van der Waals surface area contributed by atoms with E-state index in [2.05, 4.69) is 43.0 Å². The third-order valence-electron chi connectivity index (χ3n) is 3.98. The summed E-state index contributed by atoms with van der Waals surface area (Å²) in [5.41, 5.74) is 9.00. The molecule has 0 bridgehead atoms. The van der Waals surface area contributed by atoms with E-state index in [9.17, 15) is 0 Å². The van der Waals surface area contributed by atoms with Crippen LogP contribution in [-0.2, 0) is 11.3 Å². The topological polar surface area (TPSA) is 38.5 Å². The Balaban J connectivity index is 2.22. The number of nitrogens with zero attached hydrogens (tertiary/aromatic N) is 1. The second-order valence-corrected chi connectivity index (χ2v) is 6.32. The average molecular weight is 276 g/mol. The van der Waals surface area contributed by atoms with Gasteiger partial charge in [-0.15, -0.1) is 0 Å². The molecule has 3 nitrogen and oxygen atoms in total. The zero-order valence-corrected chi connectivity index (χ0v) is 13.0. The third kappa shape index (κ3) is 3.81. The number of methoxy groups -OCH3 is 1. The fourth-order valence-corrected chi connectivity index (χ4v) is 3.26. The normalized spacial score (nSPS) is 24.2. The Kier molecular flexibility index (Phi) is 5.58. The standard InChI is InChI=1S/C17H28N2O/c1-13(2)11-19-9-5-8-16(18)17(19)15-7-4-6-14(10-15)12-20-3/h4,6-7,10,13,16-17H,5,8-9,11-12,18H2,1-3H3. The summed E-state index contributed by atoms with van der Waals surface area (Å²) in [5.74, 6) is 0.671.